The summed E-state index contributed by atoms with van der Waals surface area (Å²) in [5.74, 6) is 3.95. The van der Waals surface area contributed by atoms with Gasteiger partial charge in [0.1, 0.15) is 52.2 Å². The third-order valence-electron chi connectivity index (χ3n) is 23.3. The highest BCUT2D eigenvalue weighted by molar-refractivity contribution is 6.09. The average Bonchev–Trinajstić information content (AvgIpc) is 1.68. The van der Waals surface area contributed by atoms with E-state index in [2.05, 4.69) is 89.6 Å². The number of alkyl halides is 3. The van der Waals surface area contributed by atoms with Crippen LogP contribution in [0.3, 0.4) is 0 Å². The molecule has 610 valence electrons. The van der Waals surface area contributed by atoms with Crippen LogP contribution in [0, 0.1) is 11.8 Å². The Morgan fingerprint density at radius 1 is 0.453 bits per heavy atom. The molecule has 6 N–H and O–H groups in total. The summed E-state index contributed by atoms with van der Waals surface area (Å²) in [5.41, 5.74) is 3.90. The fourth-order valence-corrected chi connectivity index (χ4v) is 16.5. The second kappa shape index (κ2) is 34.7. The zero-order valence-electron chi connectivity index (χ0n) is 65.0. The van der Waals surface area contributed by atoms with Crippen molar-refractivity contribution in [3.8, 4) is 0 Å². The van der Waals surface area contributed by atoms with E-state index in [0.717, 1.165) is 114 Å². The number of aliphatic hydroxyl groups is 2. The van der Waals surface area contributed by atoms with Crippen LogP contribution in [0.15, 0.2) is 146 Å². The minimum Gasteiger partial charge on any atom is -0.390 e. The zero-order valence-corrected chi connectivity index (χ0v) is 65.0. The molecule has 10 aliphatic rings. The van der Waals surface area contributed by atoms with Crippen molar-refractivity contribution in [2.75, 3.05) is 113 Å². The molecule has 30 nitrogen and oxygen atoms in total. The number of pyridine rings is 8. The first-order chi connectivity index (χ1) is 56.5. The lowest BCUT2D eigenvalue weighted by atomic mass is 9.99. The van der Waals surface area contributed by atoms with Crippen molar-refractivity contribution in [3.63, 3.8) is 0 Å². The van der Waals surface area contributed by atoms with Crippen molar-refractivity contribution in [2.24, 2.45) is 11.8 Å². The third kappa shape index (κ3) is 18.3. The van der Waals surface area contributed by atoms with Gasteiger partial charge in [-0.1, -0.05) is 70.2 Å². The van der Waals surface area contributed by atoms with Crippen LogP contribution in [-0.4, -0.2) is 192 Å². The second-order valence-corrected chi connectivity index (χ2v) is 31.4. The number of anilines is 12. The van der Waals surface area contributed by atoms with Gasteiger partial charge in [-0.15, -0.1) is 0 Å². The number of aromatic nitrogens is 8. The van der Waals surface area contributed by atoms with Gasteiger partial charge >= 0.3 is 30.3 Å². The molecule has 6 atom stereocenters. The summed E-state index contributed by atoms with van der Waals surface area (Å²) in [6.45, 7) is 10.4. The van der Waals surface area contributed by atoms with Crippen LogP contribution in [0.25, 0.3) is 0 Å². The number of rotatable bonds is 19. The molecule has 8 aromatic heterocycles. The number of halogens is 3. The lowest BCUT2D eigenvalue weighted by Gasteiger charge is -2.35. The molecule has 18 rings (SSSR count). The molecule has 2 saturated carbocycles. The van der Waals surface area contributed by atoms with Crippen LogP contribution < -0.4 is 60.5 Å². The molecular weight excluding hydrogens is 1510 g/mol. The maximum atomic E-state index is 13.1. The minimum atomic E-state index is -4.78. The highest BCUT2D eigenvalue weighted by atomic mass is 19.4. The predicted octanol–water partition coefficient (Wildman–Crippen LogP) is 13.2. The van der Waals surface area contributed by atoms with E-state index in [1.807, 2.05) is 48.5 Å². The van der Waals surface area contributed by atoms with Crippen LogP contribution in [0.4, 0.5) is 102 Å². The Bertz CT molecular complexity index is 5000. The van der Waals surface area contributed by atoms with Gasteiger partial charge in [0.2, 0.25) is 0 Å². The molecule has 0 unspecified atom stereocenters. The predicted molar refractivity (Wildman–Crippen MR) is 435 cm³/mol. The molecule has 4 saturated heterocycles. The van der Waals surface area contributed by atoms with Gasteiger partial charge in [0, 0.05) is 103 Å². The Labute approximate surface area is 673 Å². The van der Waals surface area contributed by atoms with Gasteiger partial charge in [0.05, 0.1) is 52.5 Å². The maximum Gasteiger partial charge on any atom is 0.414 e. The Morgan fingerprint density at radius 2 is 0.778 bits per heavy atom. The minimum absolute atomic E-state index is 0.0104. The number of nitrogens with zero attached hydrogens (tertiary/aromatic N) is 16. The van der Waals surface area contributed by atoms with Crippen LogP contribution in [0.1, 0.15) is 165 Å². The molecule has 8 aromatic rings. The first-order valence-corrected chi connectivity index (χ1v) is 40.2. The summed E-state index contributed by atoms with van der Waals surface area (Å²) in [7, 11) is 0. The average molecular weight is 1600 g/mol. The van der Waals surface area contributed by atoms with Crippen molar-refractivity contribution >= 4 is 117 Å². The number of hydrogen-bond acceptors (Lipinski definition) is 22. The van der Waals surface area contributed by atoms with Gasteiger partial charge < -0.3 is 29.8 Å². The lowest BCUT2D eigenvalue weighted by Crippen LogP contribution is -2.48. The van der Waals surface area contributed by atoms with Crippen LogP contribution in [0.5, 0.6) is 0 Å². The van der Waals surface area contributed by atoms with Crippen molar-refractivity contribution in [2.45, 2.75) is 165 Å². The molecule has 0 spiro atoms. The van der Waals surface area contributed by atoms with Gasteiger partial charge in [0.15, 0.2) is 46.4 Å². The van der Waals surface area contributed by atoms with Gasteiger partial charge in [-0.05, 0) is 160 Å². The summed E-state index contributed by atoms with van der Waals surface area (Å²) >= 11 is 0. The topological polar surface area (TPSA) is 354 Å². The number of hydrogen-bond donors (Lipinski definition) is 6. The summed E-state index contributed by atoms with van der Waals surface area (Å²) in [6.07, 6.45) is 10.1. The van der Waals surface area contributed by atoms with E-state index in [9.17, 15) is 56.6 Å². The smallest absolute Gasteiger partial charge is 0.390 e. The maximum absolute atomic E-state index is 13.1. The summed E-state index contributed by atoms with van der Waals surface area (Å²) in [6, 6.07) is 34.1. The number of carbonyl (C=O) groups is 8. The summed E-state index contributed by atoms with van der Waals surface area (Å²) in [4.78, 5) is 153. The molecule has 117 heavy (non-hydrogen) atoms. The second-order valence-electron chi connectivity index (χ2n) is 31.4. The van der Waals surface area contributed by atoms with E-state index in [1.165, 1.54) is 23.8 Å². The van der Waals surface area contributed by atoms with E-state index < -0.39 is 42.5 Å². The number of amides is 8. The first-order valence-electron chi connectivity index (χ1n) is 40.2. The monoisotopic (exact) mass is 1600 g/mol. The first kappa shape index (κ1) is 80.1. The number of ketones is 4. The Morgan fingerprint density at radius 3 is 1.09 bits per heavy atom. The number of fused-ring (bicyclic) bond motifs is 16. The molecule has 0 radical (unpaired) electrons. The standard InChI is InChI=1S/C22H25N5O2.C21H23N5O3.C21H25N5O2.C20H20F3N5O3/c28-19(13-15-5-1-2-6-15)17-8-9-18-21(24-17)27(16-10-12-26(18)14-16)22(29)25-20-7-3-4-11-23-20;27-17(6-8-21(29)9-10-21)15-4-5-16-19(23-15)26(14-7-12-25(16)13-14)20(28)24-18-3-1-2-11-22-18;1-3-14(2)12-18(27)16-7-8-17-20(23-16)26(15-9-11-25(17)13-15)21(28)24-19-6-4-5-10-22-19;21-20(22,23)16(30)7-6-15(29)13-4-5-14-18(25-13)28(12-8-10-27(14)11-12)19(31)26-17-3-1-2-9-24-17/h3-4,7-9,11,15-16H,1-2,5-6,10,12-14H2,(H,23,25,29);1-5,11,14,29H,6-10,12-13H2,(H,22,24,28);4-8,10,14-15H,3,9,11-13H2,1-2H3,(H,22,24,28);1-5,9,12,16,30H,6-8,10-11H2,(H,24,26,31)/t16-;14-;14-,15+;12-,16+/m0010/s1. The fourth-order valence-electron chi connectivity index (χ4n) is 16.5. The molecule has 8 amide bonds. The Balaban J connectivity index is 0.000000122. The molecule has 0 aromatic carbocycles. The molecule has 8 bridgehead atoms. The number of nitrogens with one attached hydrogen (secondary N) is 4. The van der Waals surface area contributed by atoms with E-state index in [1.54, 1.807) is 106 Å². The van der Waals surface area contributed by atoms with Gasteiger partial charge in [-0.25, -0.2) is 59.0 Å². The van der Waals surface area contributed by atoms with Crippen LogP contribution in [0.2, 0.25) is 0 Å². The fraction of sp³-hybridized carbons (Fsp3) is 0.429. The molecule has 8 aliphatic heterocycles. The van der Waals surface area contributed by atoms with Crippen molar-refractivity contribution in [1.29, 1.82) is 0 Å². The van der Waals surface area contributed by atoms with Crippen molar-refractivity contribution < 1.29 is 61.7 Å². The number of Topliss-reactive ketones (excluding diaryl/α,β-unsaturated/α-hetero) is 4. The van der Waals surface area contributed by atoms with Crippen molar-refractivity contribution in [3.05, 3.63) is 169 Å². The van der Waals surface area contributed by atoms with Gasteiger partial charge in [-0.2, -0.15) is 13.2 Å². The van der Waals surface area contributed by atoms with Gasteiger partial charge in [-0.3, -0.25) is 60.0 Å². The zero-order chi connectivity index (χ0) is 81.7. The van der Waals surface area contributed by atoms with E-state index >= 15 is 0 Å². The molecular formula is C84H93F3N20O10. The molecule has 2 aliphatic carbocycles. The quantitative estimate of drug-likeness (QED) is 0.0410. The normalized spacial score (nSPS) is 19.6. The summed E-state index contributed by atoms with van der Waals surface area (Å²) in [5, 5.41) is 30.4. The SMILES string of the molecule is CC[C@@H](C)CC(=O)c1ccc2c(n1)N(C(=O)Nc1ccccn1)[C@H]1CCN2C1.O=C(CC1CCCC1)c1ccc2c(n1)N(C(=O)Nc1ccccn1)[C@H]1CCN2C1.O=C(CCC1(O)CC1)c1ccc2c(n1)N(C(=O)Nc1ccccn1)[C@H]1CCN2C1.O=C(CC[C@@H](O)C(F)(F)F)c1ccc2c(n1)N(C(=O)Nc1ccccn1)[C@H]1CCN2C1. The molecule has 33 heteroatoms. The third-order valence-corrected chi connectivity index (χ3v) is 23.3. The Kier molecular flexibility index (Phi) is 23.8. The largest absolute Gasteiger partial charge is 0.414 e. The summed E-state index contributed by atoms with van der Waals surface area (Å²) < 4.78 is 37.5. The van der Waals surface area contributed by atoms with Crippen LogP contribution >= 0.6 is 0 Å². The highest BCUT2D eigenvalue weighted by Crippen LogP contribution is 2.45. The van der Waals surface area contributed by atoms with Gasteiger partial charge in [0.25, 0.3) is 0 Å². The van der Waals surface area contributed by atoms with Crippen molar-refractivity contribution in [1.82, 2.24) is 39.9 Å². The lowest BCUT2D eigenvalue weighted by molar-refractivity contribution is -0.204. The molecule has 16 heterocycles. The number of carbonyl (C=O) groups excluding carboxylic acids is 8. The van der Waals surface area contributed by atoms with E-state index in [4.69, 9.17) is 10.1 Å². The molecule has 6 fully saturated rings. The van der Waals surface area contributed by atoms with Crippen LogP contribution in [-0.2, 0) is 0 Å². The van der Waals surface area contributed by atoms with E-state index in [0.29, 0.717) is 108 Å². The Hall–Kier alpha value is -12.1. The number of aliphatic hydroxyl groups excluding tert-OH is 1. The number of urea groups is 4. The highest BCUT2D eigenvalue weighted by Gasteiger charge is 2.47. The van der Waals surface area contributed by atoms with E-state index in [-0.39, 0.29) is 77.5 Å².